The Morgan fingerprint density at radius 1 is 1.27 bits per heavy atom. The Balaban J connectivity index is 0.00000121. The molecule has 7 nitrogen and oxygen atoms in total. The zero-order valence-corrected chi connectivity index (χ0v) is 11.1. The number of nitrogens with one attached hydrogen (secondary N) is 1. The van der Waals surface area contributed by atoms with Crippen LogP contribution in [0.15, 0.2) is 41.1 Å². The second-order valence-corrected chi connectivity index (χ2v) is 4.11. The molecule has 111 valence electrons. The van der Waals surface area contributed by atoms with Crippen molar-refractivity contribution in [1.82, 2.24) is 9.97 Å². The Labute approximate surface area is 129 Å². The van der Waals surface area contributed by atoms with Crippen LogP contribution in [0.25, 0.3) is 22.4 Å². The number of hydrogen-bond donors (Lipinski definition) is 1. The Morgan fingerprint density at radius 2 is 2.05 bits per heavy atom. The van der Waals surface area contributed by atoms with Crippen LogP contribution >= 0.6 is 0 Å². The second-order valence-electron chi connectivity index (χ2n) is 4.11. The molecule has 0 fully saturated rings. The molecule has 0 aliphatic heterocycles. The summed E-state index contributed by atoms with van der Waals surface area (Å²) in [6, 6.07) is 8.03. The van der Waals surface area contributed by atoms with Gasteiger partial charge in [-0.25, -0.2) is 9.97 Å². The van der Waals surface area contributed by atoms with Crippen LogP contribution in [0, 0.1) is 10.1 Å². The summed E-state index contributed by atoms with van der Waals surface area (Å²) < 4.78 is 5.62. The minimum atomic E-state index is -0.439. The molecule has 0 unspecified atom stereocenters. The molecule has 0 saturated carbocycles. The molecule has 1 aromatic carbocycles. The monoisotopic (exact) mass is 297 g/mol. The number of nitrogens with zero attached hydrogens (tertiary/aromatic N) is 3. The van der Waals surface area contributed by atoms with Crippen molar-refractivity contribution in [2.75, 3.05) is 12.4 Å². The third-order valence-electron chi connectivity index (χ3n) is 2.91. The number of nitro groups is 1. The third-order valence-corrected chi connectivity index (χ3v) is 2.91. The number of non-ortho nitro benzene ring substituents is 1. The van der Waals surface area contributed by atoms with E-state index in [-0.39, 0.29) is 21.5 Å². The highest BCUT2D eigenvalue weighted by Gasteiger charge is 2.13. The highest BCUT2D eigenvalue weighted by molar-refractivity contribution is 5.89. The van der Waals surface area contributed by atoms with Crippen LogP contribution in [0.1, 0.15) is 7.43 Å². The fourth-order valence-corrected chi connectivity index (χ4v) is 1.97. The number of hydrogen-bond acceptors (Lipinski definition) is 6. The first-order chi connectivity index (χ1) is 9.69. The van der Waals surface area contributed by atoms with Crippen LogP contribution in [0.2, 0.25) is 0 Å². The normalized spacial score (nSPS) is 9.68. The van der Waals surface area contributed by atoms with E-state index in [1.165, 1.54) is 18.5 Å². The number of rotatable bonds is 3. The summed E-state index contributed by atoms with van der Waals surface area (Å²) in [5.74, 6) is 1.16. The van der Waals surface area contributed by atoms with Crippen molar-refractivity contribution < 1.29 is 9.34 Å². The molecular formula is C14H14BN4O3. The Bertz CT molecular complexity index is 804. The Morgan fingerprint density at radius 3 is 2.73 bits per heavy atom. The summed E-state index contributed by atoms with van der Waals surface area (Å²) in [4.78, 5) is 18.5. The van der Waals surface area contributed by atoms with E-state index >= 15 is 0 Å². The van der Waals surface area contributed by atoms with Gasteiger partial charge in [-0.2, -0.15) is 0 Å². The predicted molar refractivity (Wildman–Crippen MR) is 85.9 cm³/mol. The smallest absolute Gasteiger partial charge is 0.270 e. The molecule has 22 heavy (non-hydrogen) atoms. The second kappa shape index (κ2) is 6.71. The van der Waals surface area contributed by atoms with E-state index in [9.17, 15) is 10.1 Å². The van der Waals surface area contributed by atoms with Crippen LogP contribution < -0.4 is 5.32 Å². The minimum Gasteiger partial charge on any atom is -0.438 e. The molecule has 0 amide bonds. The first-order valence-electron chi connectivity index (χ1n) is 5.86. The van der Waals surface area contributed by atoms with Crippen molar-refractivity contribution in [2.24, 2.45) is 0 Å². The lowest BCUT2D eigenvalue weighted by atomic mass is 10.1. The van der Waals surface area contributed by atoms with Gasteiger partial charge in [0.25, 0.3) is 5.69 Å². The van der Waals surface area contributed by atoms with Crippen molar-refractivity contribution in [1.29, 1.82) is 0 Å². The molecule has 0 bridgehead atoms. The van der Waals surface area contributed by atoms with E-state index in [1.54, 1.807) is 25.2 Å². The first kappa shape index (κ1) is 17.2. The zero-order valence-electron chi connectivity index (χ0n) is 11.1. The van der Waals surface area contributed by atoms with Crippen molar-refractivity contribution in [3.8, 4) is 11.3 Å². The number of furan rings is 1. The summed E-state index contributed by atoms with van der Waals surface area (Å²) in [5, 5.41) is 14.5. The van der Waals surface area contributed by atoms with Crippen LogP contribution in [-0.2, 0) is 0 Å². The average molecular weight is 297 g/mol. The highest BCUT2D eigenvalue weighted by atomic mass is 16.6. The van der Waals surface area contributed by atoms with Gasteiger partial charge in [-0.15, -0.1) is 0 Å². The lowest BCUT2D eigenvalue weighted by Gasteiger charge is -1.96. The molecule has 3 aromatic rings. The molecule has 0 aliphatic carbocycles. The van der Waals surface area contributed by atoms with Gasteiger partial charge < -0.3 is 9.73 Å². The molecular weight excluding hydrogens is 283 g/mol. The predicted octanol–water partition coefficient (Wildman–Crippen LogP) is 3.10. The zero-order chi connectivity index (χ0) is 14.1. The molecule has 0 aliphatic rings. The van der Waals surface area contributed by atoms with Gasteiger partial charge in [0, 0.05) is 33.2 Å². The molecule has 1 N–H and O–H groups in total. The van der Waals surface area contributed by atoms with E-state index < -0.39 is 4.92 Å². The largest absolute Gasteiger partial charge is 0.438 e. The summed E-state index contributed by atoms with van der Waals surface area (Å²) in [6.45, 7) is 0. The van der Waals surface area contributed by atoms with Crippen LogP contribution in [-0.4, -0.2) is 30.4 Å². The molecule has 3 rings (SSSR count). The number of nitro benzene ring substituents is 1. The quantitative estimate of drug-likeness (QED) is 0.453. The van der Waals surface area contributed by atoms with Gasteiger partial charge in [0.05, 0.1) is 10.3 Å². The molecule has 0 spiro atoms. The molecule has 0 atom stereocenters. The van der Waals surface area contributed by atoms with E-state index in [4.69, 9.17) is 4.42 Å². The first-order valence-corrected chi connectivity index (χ1v) is 5.86. The summed E-state index contributed by atoms with van der Waals surface area (Å²) >= 11 is 0. The number of benzene rings is 1. The third kappa shape index (κ3) is 2.90. The Kier molecular flexibility index (Phi) is 5.23. The number of anilines is 1. The fraction of sp³-hybridized carbons (Fsp3) is 0.143. The lowest BCUT2D eigenvalue weighted by molar-refractivity contribution is -0.384. The van der Waals surface area contributed by atoms with Gasteiger partial charge in [0.1, 0.15) is 17.9 Å². The van der Waals surface area contributed by atoms with Crippen LogP contribution in [0.3, 0.4) is 0 Å². The minimum absolute atomic E-state index is 0. The Hall–Kier alpha value is -2.90. The maximum absolute atomic E-state index is 10.8. The van der Waals surface area contributed by atoms with Gasteiger partial charge in [-0.05, 0) is 6.07 Å². The van der Waals surface area contributed by atoms with Crippen LogP contribution in [0.4, 0.5) is 11.5 Å². The van der Waals surface area contributed by atoms with Crippen LogP contribution in [0.5, 0.6) is 0 Å². The average Bonchev–Trinajstić information content (AvgIpc) is 2.91. The number of aromatic nitrogens is 2. The molecule has 3 radical (unpaired) electrons. The summed E-state index contributed by atoms with van der Waals surface area (Å²) in [5.41, 5.74) is 1.08. The van der Waals surface area contributed by atoms with Crippen molar-refractivity contribution in [3.05, 3.63) is 46.8 Å². The van der Waals surface area contributed by atoms with Crippen molar-refractivity contribution in [2.45, 2.75) is 7.43 Å². The standard InChI is InChI=1S/C13H10N4O3.CH4.B/c1-14-12-10-6-11(20-13(10)16-7-15-12)8-3-2-4-9(5-8)17(18)19;;/h2-7H,1H3,(H,14,15,16);1H4;. The molecule has 2 heterocycles. The fourth-order valence-electron chi connectivity index (χ4n) is 1.97. The van der Waals surface area contributed by atoms with Crippen molar-refractivity contribution in [3.63, 3.8) is 0 Å². The van der Waals surface area contributed by atoms with Gasteiger partial charge in [0.2, 0.25) is 5.71 Å². The van der Waals surface area contributed by atoms with E-state index in [0.717, 1.165) is 5.39 Å². The van der Waals surface area contributed by atoms with Gasteiger partial charge in [0.15, 0.2) is 0 Å². The van der Waals surface area contributed by atoms with Crippen molar-refractivity contribution >= 4 is 31.0 Å². The lowest BCUT2D eigenvalue weighted by Crippen LogP contribution is -1.92. The molecule has 0 saturated heterocycles. The van der Waals surface area contributed by atoms with Gasteiger partial charge in [-0.3, -0.25) is 10.1 Å². The summed E-state index contributed by atoms with van der Waals surface area (Å²) in [7, 11) is 1.75. The van der Waals surface area contributed by atoms with E-state index in [2.05, 4.69) is 15.3 Å². The SMILES string of the molecule is C.CNc1ncnc2oc(-c3cccc([N+](=O)[O-])c3)cc12.[B]. The topological polar surface area (TPSA) is 94.1 Å². The molecule has 8 heteroatoms. The molecule has 2 aromatic heterocycles. The number of fused-ring (bicyclic) bond motifs is 1. The van der Waals surface area contributed by atoms with E-state index in [0.29, 0.717) is 22.9 Å². The van der Waals surface area contributed by atoms with Gasteiger partial charge in [-0.1, -0.05) is 19.6 Å². The summed E-state index contributed by atoms with van der Waals surface area (Å²) in [6.07, 6.45) is 1.40. The highest BCUT2D eigenvalue weighted by Crippen LogP contribution is 2.31. The van der Waals surface area contributed by atoms with Gasteiger partial charge >= 0.3 is 0 Å². The van der Waals surface area contributed by atoms with E-state index in [1.807, 2.05) is 0 Å². The maximum atomic E-state index is 10.8. The maximum Gasteiger partial charge on any atom is 0.270 e.